The van der Waals surface area contributed by atoms with E-state index in [0.29, 0.717) is 12.4 Å². The van der Waals surface area contributed by atoms with Gasteiger partial charge in [-0.1, -0.05) is 13.8 Å². The Bertz CT molecular complexity index is 852. The average molecular weight is 362 g/mol. The van der Waals surface area contributed by atoms with Crippen molar-refractivity contribution in [1.29, 1.82) is 0 Å². The van der Waals surface area contributed by atoms with Gasteiger partial charge < -0.3 is 9.32 Å². The number of nitrogens with one attached hydrogen (secondary N) is 1. The maximum Gasteiger partial charge on any atom is 0.434 e. The van der Waals surface area contributed by atoms with Crippen molar-refractivity contribution in [2.45, 2.75) is 45.4 Å². The largest absolute Gasteiger partial charge is 0.434 e. The van der Waals surface area contributed by atoms with E-state index in [9.17, 15) is 9.59 Å². The zero-order chi connectivity index (χ0) is 17.8. The number of H-pyrrole nitrogens is 1. The van der Waals surface area contributed by atoms with Gasteiger partial charge in [0.2, 0.25) is 11.8 Å². The highest BCUT2D eigenvalue weighted by molar-refractivity contribution is 7.09. The van der Waals surface area contributed by atoms with Crippen LogP contribution in [0.3, 0.4) is 0 Å². The second kappa shape index (κ2) is 5.79. The van der Waals surface area contributed by atoms with Crippen LogP contribution in [0.2, 0.25) is 0 Å². The number of aryl methyl sites for hydroxylation is 1. The van der Waals surface area contributed by atoms with Crippen LogP contribution in [-0.4, -0.2) is 39.1 Å². The van der Waals surface area contributed by atoms with Gasteiger partial charge in [-0.15, -0.1) is 16.4 Å². The van der Waals surface area contributed by atoms with E-state index in [4.69, 9.17) is 4.42 Å². The third-order valence-electron chi connectivity index (χ3n) is 5.53. The molecule has 3 heterocycles. The summed E-state index contributed by atoms with van der Waals surface area (Å²) >= 11 is 1.64. The summed E-state index contributed by atoms with van der Waals surface area (Å²) in [6, 6.07) is 0. The van der Waals surface area contributed by atoms with Gasteiger partial charge in [-0.25, -0.2) is 14.9 Å². The minimum Gasteiger partial charge on any atom is -0.392 e. The summed E-state index contributed by atoms with van der Waals surface area (Å²) in [5.74, 6) is 0.209. The summed E-state index contributed by atoms with van der Waals surface area (Å²) < 4.78 is 5.09. The van der Waals surface area contributed by atoms with Gasteiger partial charge in [-0.3, -0.25) is 4.79 Å². The first-order chi connectivity index (χ1) is 11.9. The van der Waals surface area contributed by atoms with Gasteiger partial charge in [0.1, 0.15) is 0 Å². The molecule has 1 aliphatic carbocycles. The third kappa shape index (κ3) is 2.82. The first-order valence-corrected chi connectivity index (χ1v) is 9.52. The molecule has 1 saturated carbocycles. The van der Waals surface area contributed by atoms with Gasteiger partial charge in [0, 0.05) is 30.1 Å². The van der Waals surface area contributed by atoms with E-state index in [1.54, 1.807) is 11.3 Å². The molecule has 3 atom stereocenters. The first kappa shape index (κ1) is 16.5. The fourth-order valence-electron chi connectivity index (χ4n) is 4.07. The number of hydrogen-bond donors (Lipinski definition) is 1. The molecule has 8 heteroatoms. The zero-order valence-electron chi connectivity index (χ0n) is 14.6. The van der Waals surface area contributed by atoms with E-state index in [1.807, 2.05) is 17.2 Å². The van der Waals surface area contributed by atoms with Crippen LogP contribution in [0.15, 0.2) is 14.6 Å². The molecule has 0 aromatic carbocycles. The number of hydrogen-bond acceptors (Lipinski definition) is 6. The molecule has 4 rings (SSSR count). The number of thiazole rings is 1. The Balaban J connectivity index is 1.50. The number of amides is 1. The summed E-state index contributed by atoms with van der Waals surface area (Å²) in [7, 11) is 0. The van der Waals surface area contributed by atoms with Crippen molar-refractivity contribution < 1.29 is 9.21 Å². The van der Waals surface area contributed by atoms with Crippen molar-refractivity contribution in [3.05, 3.63) is 32.5 Å². The highest BCUT2D eigenvalue weighted by atomic mass is 32.1. The van der Waals surface area contributed by atoms with Crippen molar-refractivity contribution in [3.8, 4) is 0 Å². The average Bonchev–Trinajstić information content (AvgIpc) is 2.93. The summed E-state index contributed by atoms with van der Waals surface area (Å²) in [6.07, 6.45) is 1.77. The number of piperidine rings is 1. The lowest BCUT2D eigenvalue weighted by Gasteiger charge is -2.31. The lowest BCUT2D eigenvalue weighted by atomic mass is 9.97. The molecule has 1 amide bonds. The molecule has 0 spiro atoms. The molecule has 2 fully saturated rings. The molecule has 2 aromatic rings. The number of carbonyl (C=O) groups excluding carboxylic acids is 1. The SMILES string of the molecule is Cc1csc([C@@H]2[C@@H](C(=O)N3CCCC(c4n[nH]c(=O)o4)C3)C2(C)C)n1. The van der Waals surface area contributed by atoms with Crippen molar-refractivity contribution >= 4 is 17.2 Å². The van der Waals surface area contributed by atoms with E-state index >= 15 is 0 Å². The number of aromatic nitrogens is 3. The van der Waals surface area contributed by atoms with Crippen molar-refractivity contribution in [1.82, 2.24) is 20.1 Å². The van der Waals surface area contributed by atoms with Crippen molar-refractivity contribution in [2.24, 2.45) is 11.3 Å². The van der Waals surface area contributed by atoms with Gasteiger partial charge in [0.15, 0.2) is 0 Å². The Morgan fingerprint density at radius 2 is 2.28 bits per heavy atom. The monoisotopic (exact) mass is 362 g/mol. The van der Waals surface area contributed by atoms with Crippen molar-refractivity contribution in [3.63, 3.8) is 0 Å². The van der Waals surface area contributed by atoms with E-state index < -0.39 is 5.76 Å². The predicted octanol–water partition coefficient (Wildman–Crippen LogP) is 2.27. The molecule has 1 N–H and O–H groups in total. The molecule has 0 bridgehead atoms. The third-order valence-corrected chi connectivity index (χ3v) is 6.58. The maximum absolute atomic E-state index is 13.1. The summed E-state index contributed by atoms with van der Waals surface area (Å²) in [6.45, 7) is 7.58. The van der Waals surface area contributed by atoms with Gasteiger partial charge >= 0.3 is 5.76 Å². The van der Waals surface area contributed by atoms with Crippen LogP contribution >= 0.6 is 11.3 Å². The quantitative estimate of drug-likeness (QED) is 0.904. The molecule has 0 radical (unpaired) electrons. The topological polar surface area (TPSA) is 92.1 Å². The minimum absolute atomic E-state index is 0.0148. The van der Waals surface area contributed by atoms with Gasteiger partial charge in [0.05, 0.1) is 16.8 Å². The van der Waals surface area contributed by atoms with Crippen LogP contribution in [-0.2, 0) is 4.79 Å². The van der Waals surface area contributed by atoms with Crippen LogP contribution in [0.25, 0.3) is 0 Å². The van der Waals surface area contributed by atoms with Gasteiger partial charge in [-0.2, -0.15) is 0 Å². The number of likely N-dealkylation sites (tertiary alicyclic amines) is 1. The highest BCUT2D eigenvalue weighted by Crippen LogP contribution is 2.65. The first-order valence-electron chi connectivity index (χ1n) is 8.64. The zero-order valence-corrected chi connectivity index (χ0v) is 15.4. The summed E-state index contributed by atoms with van der Waals surface area (Å²) in [5.41, 5.74) is 0.952. The van der Waals surface area contributed by atoms with E-state index in [1.165, 1.54) is 0 Å². The molecule has 1 unspecified atom stereocenters. The molecular formula is C17H22N4O3S. The number of aromatic amines is 1. The van der Waals surface area contributed by atoms with Crippen LogP contribution in [0.1, 0.15) is 55.1 Å². The van der Waals surface area contributed by atoms with Crippen LogP contribution < -0.4 is 5.76 Å². The molecule has 134 valence electrons. The summed E-state index contributed by atoms with van der Waals surface area (Å²) in [4.78, 5) is 30.8. The van der Waals surface area contributed by atoms with Gasteiger partial charge in [0.25, 0.3) is 0 Å². The number of nitrogens with zero attached hydrogens (tertiary/aromatic N) is 3. The molecule has 2 aliphatic rings. The normalized spacial score (nSPS) is 28.1. The van der Waals surface area contributed by atoms with E-state index in [-0.39, 0.29) is 29.1 Å². The predicted molar refractivity (Wildman–Crippen MR) is 92.5 cm³/mol. The van der Waals surface area contributed by atoms with Crippen LogP contribution in [0.4, 0.5) is 0 Å². The van der Waals surface area contributed by atoms with Crippen molar-refractivity contribution in [2.75, 3.05) is 13.1 Å². The number of carbonyl (C=O) groups is 1. The fourth-order valence-corrected chi connectivity index (χ4v) is 5.19. The second-order valence-corrected chi connectivity index (χ2v) is 8.57. The minimum atomic E-state index is -0.541. The standard InChI is InChI=1S/C17H22N4O3S/c1-9-8-25-14(18-9)11-12(17(11,2)3)15(22)21-6-4-5-10(7-21)13-19-20-16(23)24-13/h8,10-12H,4-7H2,1-3H3,(H,20,23)/t10?,11-,12-/m0/s1. The lowest BCUT2D eigenvalue weighted by Crippen LogP contribution is -2.40. The fraction of sp³-hybridized carbons (Fsp3) is 0.647. The Labute approximate surface area is 149 Å². The number of rotatable bonds is 3. The van der Waals surface area contributed by atoms with E-state index in [0.717, 1.165) is 30.1 Å². The highest BCUT2D eigenvalue weighted by Gasteiger charge is 2.64. The smallest absolute Gasteiger partial charge is 0.392 e. The van der Waals surface area contributed by atoms with Gasteiger partial charge in [-0.05, 0) is 25.2 Å². The van der Waals surface area contributed by atoms with E-state index in [2.05, 4.69) is 29.0 Å². The molecule has 1 saturated heterocycles. The van der Waals surface area contributed by atoms with Crippen LogP contribution in [0.5, 0.6) is 0 Å². The summed E-state index contributed by atoms with van der Waals surface area (Å²) in [5, 5.41) is 9.35. The maximum atomic E-state index is 13.1. The Hall–Kier alpha value is -1.96. The molecule has 7 nitrogen and oxygen atoms in total. The molecule has 1 aliphatic heterocycles. The lowest BCUT2D eigenvalue weighted by molar-refractivity contribution is -0.134. The molecule has 25 heavy (non-hydrogen) atoms. The second-order valence-electron chi connectivity index (χ2n) is 7.68. The molecule has 2 aromatic heterocycles. The van der Waals surface area contributed by atoms with Crippen LogP contribution in [0, 0.1) is 18.3 Å². The Morgan fingerprint density at radius 3 is 2.92 bits per heavy atom. The molecular weight excluding hydrogens is 340 g/mol. The Morgan fingerprint density at radius 1 is 1.48 bits per heavy atom. The Kier molecular flexibility index (Phi) is 3.82.